The normalized spacial score (nSPS) is 11.8. The second-order valence-electron chi connectivity index (χ2n) is 4.68. The van der Waals surface area contributed by atoms with Gasteiger partial charge in [0.1, 0.15) is 11.5 Å². The van der Waals surface area contributed by atoms with E-state index in [1.807, 2.05) is 44.6 Å². The van der Waals surface area contributed by atoms with Gasteiger partial charge in [0.2, 0.25) is 0 Å². The summed E-state index contributed by atoms with van der Waals surface area (Å²) in [6, 6.07) is 3.73. The molecule has 2 aromatic heterocycles. The van der Waals surface area contributed by atoms with Crippen LogP contribution in [-0.4, -0.2) is 22.9 Å². The van der Waals surface area contributed by atoms with Crippen LogP contribution < -0.4 is 0 Å². The van der Waals surface area contributed by atoms with E-state index in [0.717, 1.165) is 28.3 Å². The number of aromatic nitrogens is 2. The number of ether oxygens (including phenoxy) is 1. The van der Waals surface area contributed by atoms with Crippen molar-refractivity contribution in [1.29, 1.82) is 0 Å². The van der Waals surface area contributed by atoms with Crippen LogP contribution in [0.5, 0.6) is 0 Å². The van der Waals surface area contributed by atoms with E-state index in [1.165, 1.54) is 13.2 Å². The number of nitrogens with zero attached hydrogens (tertiary/aromatic N) is 2. The lowest BCUT2D eigenvalue weighted by Gasteiger charge is -1.99. The molecule has 2 heterocycles. The topological polar surface area (TPSA) is 57.3 Å². The van der Waals surface area contributed by atoms with Crippen LogP contribution in [0.15, 0.2) is 22.6 Å². The van der Waals surface area contributed by atoms with E-state index in [1.54, 1.807) is 0 Å². The van der Waals surface area contributed by atoms with E-state index in [9.17, 15) is 4.79 Å². The van der Waals surface area contributed by atoms with E-state index in [2.05, 4.69) is 9.84 Å². The monoisotopic (exact) mass is 274 g/mol. The number of carbonyl (C=O) groups excluding carboxylic acids is 1. The lowest BCUT2D eigenvalue weighted by Crippen LogP contribution is -1.95. The minimum absolute atomic E-state index is 0.394. The Morgan fingerprint density at radius 3 is 2.65 bits per heavy atom. The molecular weight excluding hydrogens is 256 g/mol. The fraction of sp³-hybridized carbons (Fsp3) is 0.333. The van der Waals surface area contributed by atoms with E-state index >= 15 is 0 Å². The number of rotatable bonds is 3. The summed E-state index contributed by atoms with van der Waals surface area (Å²) < 4.78 is 12.3. The summed E-state index contributed by atoms with van der Waals surface area (Å²) in [5, 5.41) is 4.37. The van der Waals surface area contributed by atoms with E-state index in [-0.39, 0.29) is 0 Å². The molecule has 5 nitrogen and oxygen atoms in total. The standard InChI is InChI=1S/C15H18N2O3/c1-9(8-14(18)19-5)12-6-7-13(20-12)15-10(2)16-17(4)11(15)3/h6-8H,1-5H3/b9-8+. The van der Waals surface area contributed by atoms with Gasteiger partial charge >= 0.3 is 5.97 Å². The van der Waals surface area contributed by atoms with Crippen molar-refractivity contribution in [2.24, 2.45) is 7.05 Å². The van der Waals surface area contributed by atoms with Crippen LogP contribution >= 0.6 is 0 Å². The summed E-state index contributed by atoms with van der Waals surface area (Å²) in [6.45, 7) is 5.75. The molecule has 0 unspecified atom stereocenters. The molecule has 5 heteroatoms. The van der Waals surface area contributed by atoms with Crippen molar-refractivity contribution in [2.45, 2.75) is 20.8 Å². The second kappa shape index (κ2) is 5.36. The van der Waals surface area contributed by atoms with Gasteiger partial charge in [-0.2, -0.15) is 5.10 Å². The van der Waals surface area contributed by atoms with Crippen molar-refractivity contribution in [3.63, 3.8) is 0 Å². The van der Waals surface area contributed by atoms with Gasteiger partial charge in [-0.25, -0.2) is 4.79 Å². The summed E-state index contributed by atoms with van der Waals surface area (Å²) in [7, 11) is 3.25. The van der Waals surface area contributed by atoms with Crippen LogP contribution in [0.3, 0.4) is 0 Å². The van der Waals surface area contributed by atoms with Crippen LogP contribution in [0.2, 0.25) is 0 Å². The zero-order valence-corrected chi connectivity index (χ0v) is 12.4. The van der Waals surface area contributed by atoms with Crippen molar-refractivity contribution < 1.29 is 13.9 Å². The Hall–Kier alpha value is -2.30. The molecule has 106 valence electrons. The first-order valence-corrected chi connectivity index (χ1v) is 6.31. The number of carbonyl (C=O) groups is 1. The first-order chi connectivity index (χ1) is 9.43. The first-order valence-electron chi connectivity index (χ1n) is 6.31. The van der Waals surface area contributed by atoms with Crippen LogP contribution in [0, 0.1) is 13.8 Å². The van der Waals surface area contributed by atoms with Gasteiger partial charge in [-0.3, -0.25) is 4.68 Å². The maximum Gasteiger partial charge on any atom is 0.330 e. The highest BCUT2D eigenvalue weighted by atomic mass is 16.5. The van der Waals surface area contributed by atoms with Crippen LogP contribution in [0.4, 0.5) is 0 Å². The van der Waals surface area contributed by atoms with Crippen molar-refractivity contribution >= 4 is 11.5 Å². The number of hydrogen-bond acceptors (Lipinski definition) is 4. The Labute approximate surface area is 117 Å². The van der Waals surface area contributed by atoms with Gasteiger partial charge in [-0.15, -0.1) is 0 Å². The quantitative estimate of drug-likeness (QED) is 0.638. The highest BCUT2D eigenvalue weighted by Gasteiger charge is 2.15. The molecule has 0 saturated heterocycles. The van der Waals surface area contributed by atoms with E-state index < -0.39 is 5.97 Å². The van der Waals surface area contributed by atoms with Crippen LogP contribution in [0.1, 0.15) is 24.1 Å². The number of allylic oxidation sites excluding steroid dienone is 1. The van der Waals surface area contributed by atoms with Gasteiger partial charge in [-0.05, 0) is 38.5 Å². The third-order valence-corrected chi connectivity index (χ3v) is 3.29. The van der Waals surface area contributed by atoms with Gasteiger partial charge in [-0.1, -0.05) is 0 Å². The molecule has 0 aromatic carbocycles. The Balaban J connectivity index is 2.39. The predicted molar refractivity (Wildman–Crippen MR) is 76.1 cm³/mol. The Morgan fingerprint density at radius 1 is 1.40 bits per heavy atom. The molecule has 2 rings (SSSR count). The number of esters is 1. The average molecular weight is 274 g/mol. The number of methoxy groups -OCH3 is 1. The van der Waals surface area contributed by atoms with Crippen LogP contribution in [0.25, 0.3) is 16.9 Å². The summed E-state index contributed by atoms with van der Waals surface area (Å²) in [5.41, 5.74) is 3.67. The second-order valence-corrected chi connectivity index (χ2v) is 4.68. The van der Waals surface area contributed by atoms with Crippen molar-refractivity contribution in [3.05, 3.63) is 35.4 Å². The fourth-order valence-electron chi connectivity index (χ4n) is 2.12. The molecule has 0 N–H and O–H groups in total. The Bertz CT molecular complexity index is 677. The average Bonchev–Trinajstić information content (AvgIpc) is 2.96. The van der Waals surface area contributed by atoms with Crippen molar-refractivity contribution in [3.8, 4) is 11.3 Å². The van der Waals surface area contributed by atoms with Crippen molar-refractivity contribution in [2.75, 3.05) is 7.11 Å². The zero-order valence-electron chi connectivity index (χ0n) is 12.4. The molecule has 0 fully saturated rings. The summed E-state index contributed by atoms with van der Waals surface area (Å²) in [5.74, 6) is 1.00. The number of aryl methyl sites for hydroxylation is 2. The lowest BCUT2D eigenvalue weighted by molar-refractivity contribution is -0.134. The van der Waals surface area contributed by atoms with Gasteiger partial charge in [0.05, 0.1) is 18.4 Å². The molecule has 0 aliphatic rings. The van der Waals surface area contributed by atoms with Crippen LogP contribution in [-0.2, 0) is 16.6 Å². The molecular formula is C15H18N2O3. The van der Waals surface area contributed by atoms with Crippen molar-refractivity contribution in [1.82, 2.24) is 9.78 Å². The highest BCUT2D eigenvalue weighted by molar-refractivity contribution is 5.90. The molecule has 0 saturated carbocycles. The minimum Gasteiger partial charge on any atom is -0.466 e. The smallest absolute Gasteiger partial charge is 0.330 e. The molecule has 0 radical (unpaired) electrons. The minimum atomic E-state index is -0.394. The molecule has 0 spiro atoms. The highest BCUT2D eigenvalue weighted by Crippen LogP contribution is 2.30. The molecule has 0 amide bonds. The van der Waals surface area contributed by atoms with Gasteiger partial charge in [0.15, 0.2) is 0 Å². The SMILES string of the molecule is COC(=O)/C=C(\C)c1ccc(-c2c(C)nn(C)c2C)o1. The molecule has 0 aliphatic heterocycles. The predicted octanol–water partition coefficient (Wildman–Crippen LogP) is 2.87. The molecule has 20 heavy (non-hydrogen) atoms. The fourth-order valence-corrected chi connectivity index (χ4v) is 2.12. The Morgan fingerprint density at radius 2 is 2.10 bits per heavy atom. The van der Waals surface area contributed by atoms with Gasteiger partial charge < -0.3 is 9.15 Å². The molecule has 0 atom stereocenters. The largest absolute Gasteiger partial charge is 0.466 e. The molecule has 0 aliphatic carbocycles. The maximum absolute atomic E-state index is 11.2. The third-order valence-electron chi connectivity index (χ3n) is 3.29. The summed E-state index contributed by atoms with van der Waals surface area (Å²) in [4.78, 5) is 11.2. The summed E-state index contributed by atoms with van der Waals surface area (Å²) >= 11 is 0. The zero-order chi connectivity index (χ0) is 14.9. The van der Waals surface area contributed by atoms with E-state index in [4.69, 9.17) is 4.42 Å². The van der Waals surface area contributed by atoms with E-state index in [0.29, 0.717) is 5.76 Å². The number of furan rings is 1. The molecule has 2 aromatic rings. The lowest BCUT2D eigenvalue weighted by atomic mass is 10.1. The number of hydrogen-bond donors (Lipinski definition) is 0. The maximum atomic E-state index is 11.2. The third kappa shape index (κ3) is 2.52. The van der Waals surface area contributed by atoms with Gasteiger partial charge in [0, 0.05) is 18.8 Å². The van der Waals surface area contributed by atoms with Gasteiger partial charge in [0.25, 0.3) is 0 Å². The summed E-state index contributed by atoms with van der Waals surface area (Å²) in [6.07, 6.45) is 1.41. The Kier molecular flexibility index (Phi) is 3.79. The first kappa shape index (κ1) is 14.1. The molecule has 0 bridgehead atoms.